The Morgan fingerprint density at radius 2 is 2.14 bits per heavy atom. The van der Waals surface area contributed by atoms with Gasteiger partial charge in [0, 0.05) is 30.8 Å². The van der Waals surface area contributed by atoms with Crippen LogP contribution in [0.25, 0.3) is 0 Å². The highest BCUT2D eigenvalue weighted by Gasteiger charge is 2.20. The number of nitrogens with one attached hydrogen (secondary N) is 2. The third-order valence-electron chi connectivity index (χ3n) is 3.86. The Balaban J connectivity index is 1.91. The molecule has 1 aromatic rings. The maximum Gasteiger partial charge on any atom is 0.317 e. The van der Waals surface area contributed by atoms with E-state index in [4.69, 9.17) is 11.1 Å². The van der Waals surface area contributed by atoms with Crippen molar-refractivity contribution in [3.8, 4) is 0 Å². The number of nitrogens with two attached hydrogens (primary N) is 1. The maximum atomic E-state index is 13.8. The first-order valence-corrected chi connectivity index (χ1v) is 7.13. The Hall–Kier alpha value is -2.11. The quantitative estimate of drug-likeness (QED) is 0.588. The standard InChI is InChI=1S/C15H21FN4O/c1-10-4-6-20(7-5-10)15(21)19-9-12-3-2-11(14(17)18)8-13(12)16/h2-3,8,10H,4-7,9H2,1H3,(H3,17,18)(H,19,21). The lowest BCUT2D eigenvalue weighted by Crippen LogP contribution is -2.43. The van der Waals surface area contributed by atoms with E-state index in [2.05, 4.69) is 12.2 Å². The minimum atomic E-state index is -0.463. The van der Waals surface area contributed by atoms with Crippen LogP contribution in [0.2, 0.25) is 0 Å². The first kappa shape index (κ1) is 15.3. The van der Waals surface area contributed by atoms with Gasteiger partial charge in [-0.25, -0.2) is 9.18 Å². The fourth-order valence-corrected chi connectivity index (χ4v) is 2.35. The predicted octanol–water partition coefficient (Wildman–Crippen LogP) is 2.05. The van der Waals surface area contributed by atoms with Gasteiger partial charge in [-0.05, 0) is 24.8 Å². The van der Waals surface area contributed by atoms with Gasteiger partial charge < -0.3 is 16.0 Å². The lowest BCUT2D eigenvalue weighted by Gasteiger charge is -2.30. The topological polar surface area (TPSA) is 82.2 Å². The highest BCUT2D eigenvalue weighted by Crippen LogP contribution is 2.16. The molecule has 114 valence electrons. The second kappa shape index (κ2) is 6.56. The number of piperidine rings is 1. The van der Waals surface area contributed by atoms with Crippen molar-refractivity contribution in [2.75, 3.05) is 13.1 Å². The highest BCUT2D eigenvalue weighted by molar-refractivity contribution is 5.94. The van der Waals surface area contributed by atoms with Crippen LogP contribution in [0.1, 0.15) is 30.9 Å². The molecular weight excluding hydrogens is 271 g/mol. The first-order valence-electron chi connectivity index (χ1n) is 7.13. The first-order chi connectivity index (χ1) is 9.97. The third-order valence-corrected chi connectivity index (χ3v) is 3.86. The smallest absolute Gasteiger partial charge is 0.317 e. The van der Waals surface area contributed by atoms with E-state index in [1.807, 2.05) is 0 Å². The second-order valence-corrected chi connectivity index (χ2v) is 5.55. The van der Waals surface area contributed by atoms with Gasteiger partial charge >= 0.3 is 6.03 Å². The van der Waals surface area contributed by atoms with Crippen LogP contribution in [-0.2, 0) is 6.54 Å². The van der Waals surface area contributed by atoms with Crippen LogP contribution in [-0.4, -0.2) is 29.9 Å². The van der Waals surface area contributed by atoms with E-state index in [1.165, 1.54) is 6.07 Å². The van der Waals surface area contributed by atoms with Gasteiger partial charge in [0.2, 0.25) is 0 Å². The summed E-state index contributed by atoms with van der Waals surface area (Å²) in [5.74, 6) is 0.0211. The fraction of sp³-hybridized carbons (Fsp3) is 0.467. The van der Waals surface area contributed by atoms with Gasteiger partial charge in [0.25, 0.3) is 0 Å². The molecule has 2 amide bonds. The van der Waals surface area contributed by atoms with Crippen molar-refractivity contribution in [3.05, 3.63) is 35.1 Å². The van der Waals surface area contributed by atoms with Crippen molar-refractivity contribution < 1.29 is 9.18 Å². The molecule has 1 saturated heterocycles. The van der Waals surface area contributed by atoms with Crippen LogP contribution in [0, 0.1) is 17.1 Å². The van der Waals surface area contributed by atoms with Crippen molar-refractivity contribution in [3.63, 3.8) is 0 Å². The molecule has 4 N–H and O–H groups in total. The Morgan fingerprint density at radius 1 is 1.48 bits per heavy atom. The van der Waals surface area contributed by atoms with Crippen molar-refractivity contribution in [1.29, 1.82) is 5.41 Å². The molecular formula is C15H21FN4O. The second-order valence-electron chi connectivity index (χ2n) is 5.55. The molecule has 0 saturated carbocycles. The molecule has 6 heteroatoms. The van der Waals surface area contributed by atoms with E-state index < -0.39 is 5.82 Å². The predicted molar refractivity (Wildman–Crippen MR) is 79.6 cm³/mol. The fourth-order valence-electron chi connectivity index (χ4n) is 2.35. The van der Waals surface area contributed by atoms with Crippen LogP contribution in [0.3, 0.4) is 0 Å². The largest absolute Gasteiger partial charge is 0.384 e. The van der Waals surface area contributed by atoms with E-state index in [9.17, 15) is 9.18 Å². The van der Waals surface area contributed by atoms with Crippen molar-refractivity contribution in [2.24, 2.45) is 11.7 Å². The van der Waals surface area contributed by atoms with E-state index in [0.717, 1.165) is 25.9 Å². The number of halogens is 1. The molecule has 0 atom stereocenters. The highest BCUT2D eigenvalue weighted by atomic mass is 19.1. The van der Waals surface area contributed by atoms with Gasteiger partial charge in [-0.2, -0.15) is 0 Å². The Labute approximate surface area is 123 Å². The van der Waals surface area contributed by atoms with Crippen LogP contribution < -0.4 is 11.1 Å². The average Bonchev–Trinajstić information content (AvgIpc) is 2.46. The number of rotatable bonds is 3. The monoisotopic (exact) mass is 292 g/mol. The molecule has 1 aliphatic heterocycles. The number of carbonyl (C=O) groups is 1. The number of nitrogens with zero attached hydrogens (tertiary/aromatic N) is 1. The Kier molecular flexibility index (Phi) is 4.77. The normalized spacial score (nSPS) is 15.8. The van der Waals surface area contributed by atoms with Crippen LogP contribution in [0.15, 0.2) is 18.2 Å². The lowest BCUT2D eigenvalue weighted by atomic mass is 10.00. The molecule has 0 bridgehead atoms. The molecule has 0 spiro atoms. The molecule has 0 unspecified atom stereocenters. The Morgan fingerprint density at radius 3 is 2.71 bits per heavy atom. The number of hydrogen-bond acceptors (Lipinski definition) is 2. The molecule has 1 heterocycles. The van der Waals surface area contributed by atoms with E-state index in [0.29, 0.717) is 17.0 Å². The summed E-state index contributed by atoms with van der Waals surface area (Å²) in [4.78, 5) is 13.8. The van der Waals surface area contributed by atoms with Crippen LogP contribution in [0.5, 0.6) is 0 Å². The molecule has 5 nitrogen and oxygen atoms in total. The molecule has 2 rings (SSSR count). The molecule has 21 heavy (non-hydrogen) atoms. The molecule has 0 aliphatic carbocycles. The molecule has 1 aliphatic rings. The number of amides is 2. The average molecular weight is 292 g/mol. The van der Waals surface area contributed by atoms with E-state index in [1.54, 1.807) is 17.0 Å². The number of amidine groups is 1. The number of nitrogen functional groups attached to an aromatic ring is 1. The summed E-state index contributed by atoms with van der Waals surface area (Å²) in [7, 11) is 0. The summed E-state index contributed by atoms with van der Waals surface area (Å²) < 4.78 is 13.8. The zero-order valence-electron chi connectivity index (χ0n) is 12.2. The number of hydrogen-bond donors (Lipinski definition) is 3. The summed E-state index contributed by atoms with van der Waals surface area (Å²) in [6, 6.07) is 4.18. The molecule has 1 fully saturated rings. The van der Waals surface area contributed by atoms with Gasteiger partial charge in [0.15, 0.2) is 0 Å². The summed E-state index contributed by atoms with van der Waals surface area (Å²) >= 11 is 0. The van der Waals surface area contributed by atoms with Crippen molar-refractivity contribution in [1.82, 2.24) is 10.2 Å². The van der Waals surface area contributed by atoms with Crippen LogP contribution in [0.4, 0.5) is 9.18 Å². The van der Waals surface area contributed by atoms with Gasteiger partial charge in [0.05, 0.1) is 0 Å². The summed E-state index contributed by atoms with van der Waals surface area (Å²) in [6.07, 6.45) is 2.02. The van der Waals surface area contributed by atoms with E-state index >= 15 is 0 Å². The SMILES string of the molecule is CC1CCN(C(=O)NCc2ccc(C(=N)N)cc2F)CC1. The molecule has 1 aromatic carbocycles. The van der Waals surface area contributed by atoms with Gasteiger partial charge in [-0.15, -0.1) is 0 Å². The number of benzene rings is 1. The van der Waals surface area contributed by atoms with Gasteiger partial charge in [-0.3, -0.25) is 5.41 Å². The minimum Gasteiger partial charge on any atom is -0.384 e. The molecule has 0 radical (unpaired) electrons. The van der Waals surface area contributed by atoms with Crippen LogP contribution >= 0.6 is 0 Å². The summed E-state index contributed by atoms with van der Waals surface area (Å²) in [6.45, 7) is 3.81. The lowest BCUT2D eigenvalue weighted by molar-refractivity contribution is 0.173. The summed E-state index contributed by atoms with van der Waals surface area (Å²) in [5, 5.41) is 9.99. The van der Waals surface area contributed by atoms with Gasteiger partial charge in [-0.1, -0.05) is 19.1 Å². The van der Waals surface area contributed by atoms with Gasteiger partial charge in [0.1, 0.15) is 11.7 Å². The zero-order chi connectivity index (χ0) is 15.4. The Bertz CT molecular complexity index is 538. The summed E-state index contributed by atoms with van der Waals surface area (Å²) in [5.41, 5.74) is 6.03. The maximum absolute atomic E-state index is 13.8. The number of urea groups is 1. The van der Waals surface area contributed by atoms with Crippen molar-refractivity contribution in [2.45, 2.75) is 26.3 Å². The number of carbonyl (C=O) groups excluding carboxylic acids is 1. The zero-order valence-corrected chi connectivity index (χ0v) is 12.2. The molecule has 0 aromatic heterocycles. The van der Waals surface area contributed by atoms with E-state index in [-0.39, 0.29) is 18.4 Å². The third kappa shape index (κ3) is 3.93. The van der Waals surface area contributed by atoms with Crippen molar-refractivity contribution >= 4 is 11.9 Å². The number of likely N-dealkylation sites (tertiary alicyclic amines) is 1. The minimum absolute atomic E-state index is 0.134.